The van der Waals surface area contributed by atoms with Gasteiger partial charge in [-0.3, -0.25) is 25.0 Å². The largest absolute Gasteiger partial charge is 0.480 e. The number of furan rings is 1. The molecule has 0 saturated heterocycles. The third-order valence-electron chi connectivity index (χ3n) is 3.41. The number of carbonyl (C=O) groups excluding carboxylic acids is 1. The number of rotatable bonds is 8. The second-order valence-corrected chi connectivity index (χ2v) is 5.38. The molecule has 9 heteroatoms. The van der Waals surface area contributed by atoms with Crippen LogP contribution in [0.15, 0.2) is 41.0 Å². The lowest BCUT2D eigenvalue weighted by molar-refractivity contribution is -0.384. The normalized spacial score (nSPS) is 11.7. The van der Waals surface area contributed by atoms with Crippen molar-refractivity contribution in [1.82, 2.24) is 5.32 Å². The van der Waals surface area contributed by atoms with Gasteiger partial charge in [-0.2, -0.15) is 0 Å². The zero-order valence-electron chi connectivity index (χ0n) is 13.4. The summed E-state index contributed by atoms with van der Waals surface area (Å²) < 4.78 is 5.09. The van der Waals surface area contributed by atoms with Gasteiger partial charge in [0.25, 0.3) is 5.69 Å². The Labute approximate surface area is 142 Å². The van der Waals surface area contributed by atoms with Crippen molar-refractivity contribution in [2.75, 3.05) is 5.32 Å². The average Bonchev–Trinajstić information content (AvgIpc) is 3.06. The molecule has 0 aliphatic carbocycles. The molecule has 1 heterocycles. The van der Waals surface area contributed by atoms with Gasteiger partial charge < -0.3 is 14.8 Å². The number of carbonyl (C=O) groups is 2. The van der Waals surface area contributed by atoms with E-state index in [1.54, 1.807) is 25.1 Å². The number of aryl methyl sites for hydroxylation is 1. The first-order valence-electron chi connectivity index (χ1n) is 7.40. The predicted octanol–water partition coefficient (Wildman–Crippen LogP) is 2.07. The van der Waals surface area contributed by atoms with Crippen LogP contribution in [0.2, 0.25) is 0 Å². The highest BCUT2D eigenvalue weighted by molar-refractivity contribution is 5.95. The molecule has 0 aliphatic heterocycles. The molecule has 0 radical (unpaired) electrons. The Balaban J connectivity index is 2.01. The number of hydrogen-bond donors (Lipinski definition) is 3. The number of benzene rings is 1. The molecule has 9 nitrogen and oxygen atoms in total. The van der Waals surface area contributed by atoms with Crippen LogP contribution in [0.25, 0.3) is 0 Å². The summed E-state index contributed by atoms with van der Waals surface area (Å²) in [5.74, 6) is -1.33. The molecular weight excluding hydrogens is 330 g/mol. The predicted molar refractivity (Wildman–Crippen MR) is 88.1 cm³/mol. The minimum absolute atomic E-state index is 0.0239. The van der Waals surface area contributed by atoms with Crippen LogP contribution < -0.4 is 10.6 Å². The number of amides is 1. The van der Waals surface area contributed by atoms with Gasteiger partial charge >= 0.3 is 5.97 Å². The number of nitrogens with zero attached hydrogens (tertiary/aromatic N) is 1. The van der Waals surface area contributed by atoms with Gasteiger partial charge in [-0.05, 0) is 30.7 Å². The summed E-state index contributed by atoms with van der Waals surface area (Å²) in [5, 5.41) is 25.4. The molecule has 132 valence electrons. The van der Waals surface area contributed by atoms with Crippen molar-refractivity contribution in [3.63, 3.8) is 0 Å². The van der Waals surface area contributed by atoms with Gasteiger partial charge in [0.05, 0.1) is 24.2 Å². The molecular formula is C16H17N3O6. The summed E-state index contributed by atoms with van der Waals surface area (Å²) in [6.07, 6.45) is 1.07. The van der Waals surface area contributed by atoms with Crippen LogP contribution in [0.5, 0.6) is 0 Å². The fourth-order valence-corrected chi connectivity index (χ4v) is 2.17. The summed E-state index contributed by atoms with van der Waals surface area (Å²) in [6, 6.07) is 6.54. The minimum atomic E-state index is -1.21. The van der Waals surface area contributed by atoms with Gasteiger partial charge in [0.1, 0.15) is 17.5 Å². The molecule has 0 saturated carbocycles. The molecule has 25 heavy (non-hydrogen) atoms. The molecule has 3 N–H and O–H groups in total. The van der Waals surface area contributed by atoms with Crippen molar-refractivity contribution in [1.29, 1.82) is 0 Å². The van der Waals surface area contributed by atoms with Gasteiger partial charge in [-0.1, -0.05) is 6.07 Å². The van der Waals surface area contributed by atoms with Crippen molar-refractivity contribution >= 4 is 23.3 Å². The summed E-state index contributed by atoms with van der Waals surface area (Å²) in [5.41, 5.74) is 0.452. The number of anilines is 1. The fourth-order valence-electron chi connectivity index (χ4n) is 2.17. The summed E-state index contributed by atoms with van der Waals surface area (Å²) in [6.45, 7) is 1.83. The van der Waals surface area contributed by atoms with E-state index in [9.17, 15) is 24.8 Å². The monoisotopic (exact) mass is 347 g/mol. The van der Waals surface area contributed by atoms with Crippen LogP contribution in [0, 0.1) is 17.0 Å². The van der Waals surface area contributed by atoms with Crippen molar-refractivity contribution in [2.45, 2.75) is 25.9 Å². The van der Waals surface area contributed by atoms with Gasteiger partial charge in [0, 0.05) is 6.07 Å². The van der Waals surface area contributed by atoms with Crippen molar-refractivity contribution in [2.24, 2.45) is 0 Å². The van der Waals surface area contributed by atoms with E-state index in [1.807, 2.05) is 0 Å². The van der Waals surface area contributed by atoms with E-state index in [2.05, 4.69) is 10.6 Å². The highest BCUT2D eigenvalue weighted by Crippen LogP contribution is 2.25. The standard InChI is InChI=1S/C16H17N3O6/c1-10-4-5-12(14(7-10)19(23)24)18-15(20)8-13(16(21)22)17-9-11-3-2-6-25-11/h2-7,13,17H,8-9H2,1H3,(H,18,20)(H,21,22)/t13-/m1/s1. The first-order valence-corrected chi connectivity index (χ1v) is 7.40. The molecule has 1 aromatic carbocycles. The van der Waals surface area contributed by atoms with Crippen molar-refractivity contribution < 1.29 is 24.0 Å². The number of hydrogen-bond acceptors (Lipinski definition) is 6. The molecule has 0 fully saturated rings. The number of aliphatic carboxylic acids is 1. The SMILES string of the molecule is Cc1ccc(NC(=O)C[C@@H](NCc2ccco2)C(=O)O)c([N+](=O)[O-])c1. The molecule has 1 aromatic heterocycles. The maximum Gasteiger partial charge on any atom is 0.321 e. The van der Waals surface area contributed by atoms with Crippen molar-refractivity contribution in [3.05, 3.63) is 58.0 Å². The highest BCUT2D eigenvalue weighted by atomic mass is 16.6. The third-order valence-corrected chi connectivity index (χ3v) is 3.41. The Hall–Kier alpha value is -3.20. The van der Waals surface area contributed by atoms with Gasteiger partial charge in [0.15, 0.2) is 0 Å². The first kappa shape index (κ1) is 18.1. The van der Waals surface area contributed by atoms with E-state index in [4.69, 9.17) is 4.42 Å². The van der Waals surface area contributed by atoms with Crippen LogP contribution in [0.4, 0.5) is 11.4 Å². The molecule has 2 aromatic rings. The smallest absolute Gasteiger partial charge is 0.321 e. The quantitative estimate of drug-likeness (QED) is 0.491. The Morgan fingerprint density at radius 2 is 2.12 bits per heavy atom. The Morgan fingerprint density at radius 1 is 1.36 bits per heavy atom. The number of nitrogens with one attached hydrogen (secondary N) is 2. The summed E-state index contributed by atoms with van der Waals surface area (Å²) in [7, 11) is 0. The van der Waals surface area contributed by atoms with Crippen LogP contribution in [0.3, 0.4) is 0 Å². The average molecular weight is 347 g/mol. The molecule has 1 atom stereocenters. The maximum atomic E-state index is 12.1. The minimum Gasteiger partial charge on any atom is -0.480 e. The number of carboxylic acid groups (broad SMARTS) is 1. The first-order chi connectivity index (χ1) is 11.9. The maximum absolute atomic E-state index is 12.1. The lowest BCUT2D eigenvalue weighted by Gasteiger charge is -2.13. The second-order valence-electron chi connectivity index (χ2n) is 5.38. The van der Waals surface area contributed by atoms with E-state index in [0.29, 0.717) is 11.3 Å². The van der Waals surface area contributed by atoms with Crippen LogP contribution >= 0.6 is 0 Å². The van der Waals surface area contributed by atoms with Gasteiger partial charge in [0.2, 0.25) is 5.91 Å². The zero-order valence-corrected chi connectivity index (χ0v) is 13.4. The van der Waals surface area contributed by atoms with Crippen LogP contribution in [-0.2, 0) is 16.1 Å². The lowest BCUT2D eigenvalue weighted by atomic mass is 10.1. The number of carboxylic acids is 1. The highest BCUT2D eigenvalue weighted by Gasteiger charge is 2.23. The Bertz CT molecular complexity index is 772. The number of nitro benzene ring substituents is 1. The molecule has 0 bridgehead atoms. The molecule has 0 aliphatic rings. The van der Waals surface area contributed by atoms with Crippen molar-refractivity contribution in [3.8, 4) is 0 Å². The van der Waals surface area contributed by atoms with E-state index in [-0.39, 0.29) is 24.3 Å². The summed E-state index contributed by atoms with van der Waals surface area (Å²) in [4.78, 5) is 33.8. The topological polar surface area (TPSA) is 135 Å². The Morgan fingerprint density at radius 3 is 2.72 bits per heavy atom. The molecule has 0 spiro atoms. The lowest BCUT2D eigenvalue weighted by Crippen LogP contribution is -2.39. The van der Waals surface area contributed by atoms with Crippen LogP contribution in [-0.4, -0.2) is 27.9 Å². The van der Waals surface area contributed by atoms with Gasteiger partial charge in [-0.25, -0.2) is 0 Å². The number of nitro groups is 1. The molecule has 1 amide bonds. The van der Waals surface area contributed by atoms with Crippen LogP contribution in [0.1, 0.15) is 17.7 Å². The van der Waals surface area contributed by atoms with E-state index < -0.39 is 22.8 Å². The fraction of sp³-hybridized carbons (Fsp3) is 0.250. The zero-order chi connectivity index (χ0) is 18.4. The molecule has 0 unspecified atom stereocenters. The Kier molecular flexibility index (Phi) is 5.85. The van der Waals surface area contributed by atoms with Gasteiger partial charge in [-0.15, -0.1) is 0 Å². The second kappa shape index (κ2) is 8.06. The van der Waals surface area contributed by atoms with E-state index >= 15 is 0 Å². The third kappa shape index (κ3) is 5.15. The van der Waals surface area contributed by atoms with E-state index in [1.165, 1.54) is 18.4 Å². The molecule has 2 rings (SSSR count). The van der Waals surface area contributed by atoms with E-state index in [0.717, 1.165) is 0 Å². The summed E-state index contributed by atoms with van der Waals surface area (Å²) >= 11 is 0.